The second-order valence-corrected chi connectivity index (χ2v) is 5.13. The van der Waals surface area contributed by atoms with Crippen molar-refractivity contribution < 1.29 is 0 Å². The fourth-order valence-corrected chi connectivity index (χ4v) is 2.44. The van der Waals surface area contributed by atoms with E-state index in [0.717, 1.165) is 41.6 Å². The van der Waals surface area contributed by atoms with Crippen molar-refractivity contribution in [2.75, 3.05) is 24.1 Å². The fraction of sp³-hybridized carbons (Fsp3) is 0.429. The maximum Gasteiger partial charge on any atom is 0.0635 e. The number of fused-ring (bicyclic) bond motifs is 1. The summed E-state index contributed by atoms with van der Waals surface area (Å²) in [6.07, 6.45) is 4.24. The van der Waals surface area contributed by atoms with Gasteiger partial charge >= 0.3 is 0 Å². The third-order valence-corrected chi connectivity index (χ3v) is 3.78. The van der Waals surface area contributed by atoms with Crippen LogP contribution in [0.4, 0.5) is 11.4 Å². The Kier molecular flexibility index (Phi) is 4.15. The molecule has 0 aromatic heterocycles. The van der Waals surface area contributed by atoms with Gasteiger partial charge in [0, 0.05) is 36.3 Å². The van der Waals surface area contributed by atoms with Gasteiger partial charge in [-0.3, -0.25) is 4.90 Å². The van der Waals surface area contributed by atoms with Crippen molar-refractivity contribution in [3.63, 3.8) is 0 Å². The lowest BCUT2D eigenvalue weighted by molar-refractivity contribution is 0.236. The molecular formula is C14H20ClN3. The SMILES string of the molecule is CC=CCN1Cc2c(Cl)ccc(N)c2NC[C@@H]1C. The van der Waals surface area contributed by atoms with E-state index < -0.39 is 0 Å². The highest BCUT2D eigenvalue weighted by atomic mass is 35.5. The number of rotatable bonds is 2. The molecule has 1 atom stereocenters. The molecule has 0 fully saturated rings. The van der Waals surface area contributed by atoms with Gasteiger partial charge in [-0.2, -0.15) is 0 Å². The zero-order valence-electron chi connectivity index (χ0n) is 10.9. The first-order valence-corrected chi connectivity index (χ1v) is 6.67. The van der Waals surface area contributed by atoms with Crippen LogP contribution < -0.4 is 11.1 Å². The lowest BCUT2D eigenvalue weighted by Crippen LogP contribution is -2.35. The first-order valence-electron chi connectivity index (χ1n) is 6.29. The Hall–Kier alpha value is -1.19. The van der Waals surface area contributed by atoms with Gasteiger partial charge in [-0.1, -0.05) is 23.8 Å². The van der Waals surface area contributed by atoms with E-state index in [9.17, 15) is 0 Å². The van der Waals surface area contributed by atoms with Gasteiger partial charge in [-0.25, -0.2) is 0 Å². The summed E-state index contributed by atoms with van der Waals surface area (Å²) in [7, 11) is 0. The average molecular weight is 266 g/mol. The molecular weight excluding hydrogens is 246 g/mol. The van der Waals surface area contributed by atoms with E-state index in [2.05, 4.69) is 29.3 Å². The predicted molar refractivity (Wildman–Crippen MR) is 79.0 cm³/mol. The molecule has 0 amide bonds. The van der Waals surface area contributed by atoms with Gasteiger partial charge in [0.25, 0.3) is 0 Å². The van der Waals surface area contributed by atoms with Crippen molar-refractivity contribution in [2.45, 2.75) is 26.4 Å². The van der Waals surface area contributed by atoms with E-state index in [-0.39, 0.29) is 0 Å². The number of hydrogen-bond acceptors (Lipinski definition) is 3. The van der Waals surface area contributed by atoms with Crippen molar-refractivity contribution in [1.29, 1.82) is 0 Å². The van der Waals surface area contributed by atoms with Crippen LogP contribution >= 0.6 is 11.6 Å². The van der Waals surface area contributed by atoms with Crippen molar-refractivity contribution in [2.24, 2.45) is 0 Å². The van der Waals surface area contributed by atoms with Gasteiger partial charge in [0.05, 0.1) is 11.4 Å². The number of nitrogens with one attached hydrogen (secondary N) is 1. The zero-order valence-corrected chi connectivity index (χ0v) is 11.7. The van der Waals surface area contributed by atoms with Crippen LogP contribution in [0.25, 0.3) is 0 Å². The van der Waals surface area contributed by atoms with Crippen LogP contribution in [0.1, 0.15) is 19.4 Å². The van der Waals surface area contributed by atoms with Crippen LogP contribution in [0.2, 0.25) is 5.02 Å². The van der Waals surface area contributed by atoms with Gasteiger partial charge < -0.3 is 11.1 Å². The molecule has 4 heteroatoms. The van der Waals surface area contributed by atoms with Crippen molar-refractivity contribution in [3.8, 4) is 0 Å². The molecule has 1 aliphatic heterocycles. The summed E-state index contributed by atoms with van der Waals surface area (Å²) < 4.78 is 0. The largest absolute Gasteiger partial charge is 0.397 e. The topological polar surface area (TPSA) is 41.3 Å². The molecule has 3 nitrogen and oxygen atoms in total. The Bertz CT molecular complexity index is 457. The second-order valence-electron chi connectivity index (χ2n) is 4.72. The van der Waals surface area contributed by atoms with Gasteiger partial charge in [0.1, 0.15) is 0 Å². The summed E-state index contributed by atoms with van der Waals surface area (Å²) in [6, 6.07) is 4.19. The number of hydrogen-bond donors (Lipinski definition) is 2. The number of allylic oxidation sites excluding steroid dienone is 1. The lowest BCUT2D eigenvalue weighted by atomic mass is 10.1. The van der Waals surface area contributed by atoms with Crippen molar-refractivity contribution >= 4 is 23.0 Å². The Morgan fingerprint density at radius 1 is 1.56 bits per heavy atom. The van der Waals surface area contributed by atoms with Gasteiger partial charge in [-0.05, 0) is 26.0 Å². The summed E-state index contributed by atoms with van der Waals surface area (Å²) in [6.45, 7) is 6.91. The summed E-state index contributed by atoms with van der Waals surface area (Å²) in [4.78, 5) is 2.39. The van der Waals surface area contributed by atoms with E-state index in [0.29, 0.717) is 6.04 Å². The van der Waals surface area contributed by atoms with Crippen LogP contribution in [-0.2, 0) is 6.54 Å². The standard InChI is InChI=1S/C14H20ClN3/c1-3-4-7-18-9-11-12(15)5-6-13(16)14(11)17-8-10(18)2/h3-6,10,17H,7-9,16H2,1-2H3/t10-/m0/s1. The third-order valence-electron chi connectivity index (χ3n) is 3.42. The Labute approximate surface area is 114 Å². The molecule has 1 aliphatic rings. The first-order chi connectivity index (χ1) is 8.63. The van der Waals surface area contributed by atoms with Gasteiger partial charge in [0.2, 0.25) is 0 Å². The maximum atomic E-state index is 6.29. The van der Waals surface area contributed by atoms with Crippen LogP contribution in [0, 0.1) is 0 Å². The molecule has 98 valence electrons. The van der Waals surface area contributed by atoms with Crippen LogP contribution in [0.15, 0.2) is 24.3 Å². The van der Waals surface area contributed by atoms with Gasteiger partial charge in [0.15, 0.2) is 0 Å². The molecule has 0 aliphatic carbocycles. The van der Waals surface area contributed by atoms with Crippen LogP contribution in [-0.4, -0.2) is 24.0 Å². The first kappa shape index (κ1) is 13.2. The monoisotopic (exact) mass is 265 g/mol. The molecule has 2 rings (SSSR count). The third kappa shape index (κ3) is 2.62. The molecule has 1 aromatic carbocycles. The second kappa shape index (κ2) is 5.63. The normalized spacial score (nSPS) is 20.5. The number of nitrogen functional groups attached to an aromatic ring is 1. The molecule has 0 radical (unpaired) electrons. The maximum absolute atomic E-state index is 6.29. The predicted octanol–water partition coefficient (Wildman–Crippen LogP) is 3.11. The molecule has 0 bridgehead atoms. The quantitative estimate of drug-likeness (QED) is 0.638. The van der Waals surface area contributed by atoms with E-state index in [1.54, 1.807) is 0 Å². The van der Waals surface area contributed by atoms with E-state index >= 15 is 0 Å². The zero-order chi connectivity index (χ0) is 13.1. The van der Waals surface area contributed by atoms with Crippen LogP contribution in [0.3, 0.4) is 0 Å². The molecule has 0 spiro atoms. The van der Waals surface area contributed by atoms with Crippen molar-refractivity contribution in [3.05, 3.63) is 34.9 Å². The molecule has 0 unspecified atom stereocenters. The average Bonchev–Trinajstić information content (AvgIpc) is 2.52. The summed E-state index contributed by atoms with van der Waals surface area (Å²) in [5, 5.41) is 4.20. The van der Waals surface area contributed by atoms with Crippen LogP contribution in [0.5, 0.6) is 0 Å². The molecule has 1 aromatic rings. The minimum atomic E-state index is 0.448. The summed E-state index contributed by atoms with van der Waals surface area (Å²) >= 11 is 6.29. The summed E-state index contributed by atoms with van der Waals surface area (Å²) in [5.41, 5.74) is 8.89. The number of nitrogens with zero attached hydrogens (tertiary/aromatic N) is 1. The lowest BCUT2D eigenvalue weighted by Gasteiger charge is -2.25. The molecule has 0 saturated heterocycles. The van der Waals surface area contributed by atoms with Gasteiger partial charge in [-0.15, -0.1) is 0 Å². The number of halogens is 1. The molecule has 1 heterocycles. The Morgan fingerprint density at radius 2 is 2.33 bits per heavy atom. The number of anilines is 2. The van der Waals surface area contributed by atoms with E-state index in [1.165, 1.54) is 0 Å². The number of benzene rings is 1. The minimum Gasteiger partial charge on any atom is -0.397 e. The van der Waals surface area contributed by atoms with E-state index in [1.807, 2.05) is 19.1 Å². The van der Waals surface area contributed by atoms with E-state index in [4.69, 9.17) is 17.3 Å². The molecule has 18 heavy (non-hydrogen) atoms. The van der Waals surface area contributed by atoms with Crippen molar-refractivity contribution in [1.82, 2.24) is 4.90 Å². The Balaban J connectivity index is 2.33. The smallest absolute Gasteiger partial charge is 0.0635 e. The highest BCUT2D eigenvalue weighted by Crippen LogP contribution is 2.33. The number of nitrogens with two attached hydrogens (primary N) is 1. The fourth-order valence-electron chi connectivity index (χ4n) is 2.23. The highest BCUT2D eigenvalue weighted by molar-refractivity contribution is 6.32. The molecule has 0 saturated carbocycles. The highest BCUT2D eigenvalue weighted by Gasteiger charge is 2.22. The minimum absolute atomic E-state index is 0.448. The molecule has 3 N–H and O–H groups in total. The summed E-state index contributed by atoms with van der Waals surface area (Å²) in [5.74, 6) is 0. The Morgan fingerprint density at radius 3 is 3.06 bits per heavy atom.